The maximum Gasteiger partial charge on any atom is 0.227 e. The van der Waals surface area contributed by atoms with Gasteiger partial charge in [0.15, 0.2) is 0 Å². The van der Waals surface area contributed by atoms with Crippen LogP contribution in [0.15, 0.2) is 6.07 Å². The van der Waals surface area contributed by atoms with Crippen LogP contribution in [0, 0.1) is 6.92 Å². The molecule has 0 saturated carbocycles. The van der Waals surface area contributed by atoms with E-state index in [2.05, 4.69) is 46.8 Å². The van der Waals surface area contributed by atoms with E-state index in [1.165, 1.54) is 32.1 Å². The Morgan fingerprint density at radius 2 is 1.68 bits per heavy atom. The van der Waals surface area contributed by atoms with E-state index in [9.17, 15) is 0 Å². The Morgan fingerprint density at radius 3 is 2.41 bits per heavy atom. The Balaban J connectivity index is 1.82. The van der Waals surface area contributed by atoms with Crippen LogP contribution in [0.4, 0.5) is 11.8 Å². The third-order valence-corrected chi connectivity index (χ3v) is 4.92. The van der Waals surface area contributed by atoms with Gasteiger partial charge in [0.2, 0.25) is 5.95 Å². The fourth-order valence-corrected chi connectivity index (χ4v) is 3.51. The minimum absolute atomic E-state index is 0.619. The van der Waals surface area contributed by atoms with Gasteiger partial charge in [0, 0.05) is 44.0 Å². The van der Waals surface area contributed by atoms with E-state index in [0.717, 1.165) is 43.6 Å². The van der Waals surface area contributed by atoms with Crippen molar-refractivity contribution in [3.63, 3.8) is 0 Å². The minimum Gasteiger partial charge on any atom is -0.355 e. The standard InChI is InChI=1S/C17H29N5/c1-14-12-16(19-17(18-14)21-9-6-7-10-21)22-11-5-4-8-15(13-22)20(2)3/h12,15H,4-11,13H2,1-3H3. The van der Waals surface area contributed by atoms with E-state index in [1.54, 1.807) is 0 Å². The lowest BCUT2D eigenvalue weighted by atomic mass is 10.1. The summed E-state index contributed by atoms with van der Waals surface area (Å²) in [6.45, 7) is 6.47. The molecule has 3 rings (SSSR count). The number of aromatic nitrogens is 2. The second-order valence-electron chi connectivity index (χ2n) is 6.92. The summed E-state index contributed by atoms with van der Waals surface area (Å²) >= 11 is 0. The van der Waals surface area contributed by atoms with Crippen LogP contribution >= 0.6 is 0 Å². The Hall–Kier alpha value is -1.36. The van der Waals surface area contributed by atoms with Crippen molar-refractivity contribution < 1.29 is 0 Å². The van der Waals surface area contributed by atoms with Crippen molar-refractivity contribution in [2.75, 3.05) is 50.1 Å². The third-order valence-electron chi connectivity index (χ3n) is 4.92. The summed E-state index contributed by atoms with van der Waals surface area (Å²) in [5, 5.41) is 0. The molecule has 2 saturated heterocycles. The maximum atomic E-state index is 4.90. The van der Waals surface area contributed by atoms with E-state index in [4.69, 9.17) is 4.98 Å². The molecule has 5 nitrogen and oxygen atoms in total. The van der Waals surface area contributed by atoms with E-state index in [0.29, 0.717) is 6.04 Å². The van der Waals surface area contributed by atoms with E-state index in [1.807, 2.05) is 0 Å². The van der Waals surface area contributed by atoms with Crippen LogP contribution in [0.3, 0.4) is 0 Å². The molecule has 0 radical (unpaired) electrons. The number of rotatable bonds is 3. The molecule has 0 aliphatic carbocycles. The SMILES string of the molecule is Cc1cc(N2CCCCC(N(C)C)C2)nc(N2CCCC2)n1. The van der Waals surface area contributed by atoms with Crippen molar-refractivity contribution in [1.29, 1.82) is 0 Å². The zero-order chi connectivity index (χ0) is 15.5. The lowest BCUT2D eigenvalue weighted by molar-refractivity contribution is 0.285. The van der Waals surface area contributed by atoms with Gasteiger partial charge in [0.1, 0.15) is 5.82 Å². The van der Waals surface area contributed by atoms with E-state index < -0.39 is 0 Å². The zero-order valence-electron chi connectivity index (χ0n) is 14.3. The summed E-state index contributed by atoms with van der Waals surface area (Å²) in [4.78, 5) is 16.7. The van der Waals surface area contributed by atoms with Crippen LogP contribution in [0.5, 0.6) is 0 Å². The van der Waals surface area contributed by atoms with Gasteiger partial charge in [0.05, 0.1) is 0 Å². The Bertz CT molecular complexity index is 496. The summed E-state index contributed by atoms with van der Waals surface area (Å²) in [6, 6.07) is 2.77. The third kappa shape index (κ3) is 3.51. The fraction of sp³-hybridized carbons (Fsp3) is 0.765. The predicted octanol–water partition coefficient (Wildman–Crippen LogP) is 2.31. The quantitative estimate of drug-likeness (QED) is 0.856. The van der Waals surface area contributed by atoms with Crippen molar-refractivity contribution in [2.45, 2.75) is 45.1 Å². The fourth-order valence-electron chi connectivity index (χ4n) is 3.51. The largest absolute Gasteiger partial charge is 0.355 e. The summed E-state index contributed by atoms with van der Waals surface area (Å²) in [7, 11) is 4.38. The molecule has 1 atom stereocenters. The first-order valence-corrected chi connectivity index (χ1v) is 8.65. The van der Waals surface area contributed by atoms with Gasteiger partial charge < -0.3 is 14.7 Å². The summed E-state index contributed by atoms with van der Waals surface area (Å²) in [5.74, 6) is 2.04. The van der Waals surface area contributed by atoms with Crippen molar-refractivity contribution in [3.8, 4) is 0 Å². The number of likely N-dealkylation sites (N-methyl/N-ethyl adjacent to an activating group) is 1. The molecule has 0 bridgehead atoms. The number of aryl methyl sites for hydroxylation is 1. The van der Waals surface area contributed by atoms with Crippen molar-refractivity contribution in [3.05, 3.63) is 11.8 Å². The molecular formula is C17H29N5. The van der Waals surface area contributed by atoms with Gasteiger partial charge in [-0.2, -0.15) is 4.98 Å². The highest BCUT2D eigenvalue weighted by atomic mass is 15.3. The molecule has 1 aromatic heterocycles. The second kappa shape index (κ2) is 6.82. The number of hydrogen-bond acceptors (Lipinski definition) is 5. The topological polar surface area (TPSA) is 35.5 Å². The van der Waals surface area contributed by atoms with Crippen molar-refractivity contribution in [2.24, 2.45) is 0 Å². The normalized spacial score (nSPS) is 23.2. The van der Waals surface area contributed by atoms with Gasteiger partial charge >= 0.3 is 0 Å². The maximum absolute atomic E-state index is 4.90. The number of hydrogen-bond donors (Lipinski definition) is 0. The second-order valence-corrected chi connectivity index (χ2v) is 6.92. The van der Waals surface area contributed by atoms with Crippen LogP contribution < -0.4 is 9.80 Å². The van der Waals surface area contributed by atoms with Crippen LogP contribution in [0.1, 0.15) is 37.8 Å². The van der Waals surface area contributed by atoms with Gasteiger partial charge in [-0.05, 0) is 46.7 Å². The van der Waals surface area contributed by atoms with Gasteiger partial charge in [-0.25, -0.2) is 4.98 Å². The van der Waals surface area contributed by atoms with Gasteiger partial charge in [0.25, 0.3) is 0 Å². The average Bonchev–Trinajstić information content (AvgIpc) is 2.90. The molecule has 1 aromatic rings. The Labute approximate surface area is 134 Å². The molecule has 0 N–H and O–H groups in total. The molecule has 2 aliphatic rings. The molecule has 122 valence electrons. The van der Waals surface area contributed by atoms with Crippen molar-refractivity contribution >= 4 is 11.8 Å². The Morgan fingerprint density at radius 1 is 1.00 bits per heavy atom. The van der Waals surface area contributed by atoms with E-state index in [-0.39, 0.29) is 0 Å². The average molecular weight is 303 g/mol. The monoisotopic (exact) mass is 303 g/mol. The van der Waals surface area contributed by atoms with Gasteiger partial charge in [-0.15, -0.1) is 0 Å². The van der Waals surface area contributed by atoms with Crippen LogP contribution in [0.2, 0.25) is 0 Å². The van der Waals surface area contributed by atoms with Crippen LogP contribution in [-0.2, 0) is 0 Å². The minimum atomic E-state index is 0.619. The molecule has 2 fully saturated rings. The molecular weight excluding hydrogens is 274 g/mol. The van der Waals surface area contributed by atoms with Crippen LogP contribution in [0.25, 0.3) is 0 Å². The van der Waals surface area contributed by atoms with Gasteiger partial charge in [-0.3, -0.25) is 0 Å². The van der Waals surface area contributed by atoms with E-state index >= 15 is 0 Å². The molecule has 0 aromatic carbocycles. The summed E-state index contributed by atoms with van der Waals surface area (Å²) in [5.41, 5.74) is 1.08. The lowest BCUT2D eigenvalue weighted by Gasteiger charge is -2.30. The highest BCUT2D eigenvalue weighted by molar-refractivity contribution is 5.46. The highest BCUT2D eigenvalue weighted by Gasteiger charge is 2.22. The summed E-state index contributed by atoms with van der Waals surface area (Å²) < 4.78 is 0. The smallest absolute Gasteiger partial charge is 0.227 e. The molecule has 0 spiro atoms. The lowest BCUT2D eigenvalue weighted by Crippen LogP contribution is -2.39. The molecule has 0 amide bonds. The first-order chi connectivity index (χ1) is 10.6. The van der Waals surface area contributed by atoms with Crippen LogP contribution in [-0.4, -0.2) is 61.2 Å². The first-order valence-electron chi connectivity index (χ1n) is 8.65. The summed E-state index contributed by atoms with van der Waals surface area (Å²) in [6.07, 6.45) is 6.37. The highest BCUT2D eigenvalue weighted by Crippen LogP contribution is 2.24. The van der Waals surface area contributed by atoms with Gasteiger partial charge in [-0.1, -0.05) is 6.42 Å². The number of nitrogens with zero attached hydrogens (tertiary/aromatic N) is 5. The zero-order valence-corrected chi connectivity index (χ0v) is 14.3. The predicted molar refractivity (Wildman–Crippen MR) is 91.8 cm³/mol. The number of anilines is 2. The molecule has 1 unspecified atom stereocenters. The molecule has 22 heavy (non-hydrogen) atoms. The molecule has 5 heteroatoms. The first kappa shape index (κ1) is 15.5. The molecule has 2 aliphatic heterocycles. The van der Waals surface area contributed by atoms with Crippen molar-refractivity contribution in [1.82, 2.24) is 14.9 Å². The Kier molecular flexibility index (Phi) is 4.81. The molecule has 3 heterocycles.